The number of carbonyl (C=O) groups is 1. The zero-order valence-corrected chi connectivity index (χ0v) is 14.0. The van der Waals surface area contributed by atoms with Crippen molar-refractivity contribution in [3.8, 4) is 5.75 Å². The molecule has 1 rings (SSSR count). The number of nitrogens with zero attached hydrogens (tertiary/aromatic N) is 1. The van der Waals surface area contributed by atoms with Gasteiger partial charge in [-0.05, 0) is 71.2 Å². The minimum absolute atomic E-state index is 0.218. The number of carbonyl (C=O) groups excluding carboxylic acids is 1. The smallest absolute Gasteiger partial charge is 0.271 e. The van der Waals surface area contributed by atoms with E-state index in [1.54, 1.807) is 19.2 Å². The van der Waals surface area contributed by atoms with Crippen LogP contribution in [0.5, 0.6) is 5.75 Å². The van der Waals surface area contributed by atoms with Crippen molar-refractivity contribution in [2.75, 3.05) is 7.11 Å². The molecule has 6 heteroatoms. The fraction of sp³-hybridized carbons (Fsp3) is 0.273. The molecule has 0 aliphatic heterocycles. The van der Waals surface area contributed by atoms with E-state index >= 15 is 0 Å². The monoisotopic (exact) mass is 458 g/mol. The van der Waals surface area contributed by atoms with Gasteiger partial charge in [-0.25, -0.2) is 5.43 Å². The van der Waals surface area contributed by atoms with Gasteiger partial charge in [-0.2, -0.15) is 5.10 Å². The topological polar surface area (TPSA) is 50.7 Å². The van der Waals surface area contributed by atoms with E-state index in [-0.39, 0.29) is 5.91 Å². The van der Waals surface area contributed by atoms with Gasteiger partial charge in [0.2, 0.25) is 0 Å². The molecule has 1 N–H and O–H groups in total. The first-order valence-corrected chi connectivity index (χ1v) is 6.95. The van der Waals surface area contributed by atoms with Crippen molar-refractivity contribution < 1.29 is 9.53 Å². The summed E-state index contributed by atoms with van der Waals surface area (Å²) >= 11 is 4.28. The summed E-state index contributed by atoms with van der Waals surface area (Å²) in [5.74, 6) is 0.572. The summed E-state index contributed by atoms with van der Waals surface area (Å²) in [7, 11) is 1.62. The Kier molecular flexibility index (Phi) is 5.63. The first-order valence-electron chi connectivity index (χ1n) is 4.80. The number of hydrogen-bond acceptors (Lipinski definition) is 3. The average molecular weight is 458 g/mol. The maximum absolute atomic E-state index is 11.8. The minimum atomic E-state index is -0.218. The van der Waals surface area contributed by atoms with Crippen LogP contribution in [0.4, 0.5) is 0 Å². The Morgan fingerprint density at radius 2 is 1.82 bits per heavy atom. The number of nitrogens with one attached hydrogen (secondary N) is 1. The van der Waals surface area contributed by atoms with Gasteiger partial charge >= 0.3 is 0 Å². The van der Waals surface area contributed by atoms with Gasteiger partial charge in [-0.15, -0.1) is 0 Å². The van der Waals surface area contributed by atoms with Crippen LogP contribution >= 0.6 is 45.2 Å². The Bertz CT molecular complexity index is 446. The summed E-state index contributed by atoms with van der Waals surface area (Å²) in [5.41, 5.74) is 3.87. The van der Waals surface area contributed by atoms with Crippen LogP contribution in [-0.2, 0) is 0 Å². The third-order valence-electron chi connectivity index (χ3n) is 1.85. The molecular formula is C11H12I2N2O2. The molecular weight excluding hydrogens is 446 g/mol. The van der Waals surface area contributed by atoms with Crippen LogP contribution < -0.4 is 10.2 Å². The van der Waals surface area contributed by atoms with E-state index in [1.807, 2.05) is 13.8 Å². The molecule has 0 aliphatic rings. The Morgan fingerprint density at radius 3 is 2.24 bits per heavy atom. The van der Waals surface area contributed by atoms with Crippen LogP contribution in [0.1, 0.15) is 24.2 Å². The maximum Gasteiger partial charge on any atom is 0.271 e. The second-order valence-electron chi connectivity index (χ2n) is 3.47. The van der Waals surface area contributed by atoms with Crippen molar-refractivity contribution in [3.05, 3.63) is 24.8 Å². The van der Waals surface area contributed by atoms with Crippen LogP contribution in [0.25, 0.3) is 0 Å². The number of hydrogen-bond donors (Lipinski definition) is 1. The predicted octanol–water partition coefficient (Wildman–Crippen LogP) is 3.03. The maximum atomic E-state index is 11.8. The normalized spacial score (nSPS) is 9.71. The molecule has 17 heavy (non-hydrogen) atoms. The molecule has 1 aromatic rings. The number of hydrazone groups is 1. The van der Waals surface area contributed by atoms with Crippen molar-refractivity contribution >= 4 is 56.8 Å². The van der Waals surface area contributed by atoms with Gasteiger partial charge in [-0.3, -0.25) is 4.79 Å². The van der Waals surface area contributed by atoms with Gasteiger partial charge < -0.3 is 4.74 Å². The molecule has 0 aromatic heterocycles. The molecule has 1 aromatic carbocycles. The number of benzene rings is 1. The lowest BCUT2D eigenvalue weighted by molar-refractivity contribution is 0.0954. The fourth-order valence-electron chi connectivity index (χ4n) is 1.11. The third kappa shape index (κ3) is 4.09. The van der Waals surface area contributed by atoms with Crippen LogP contribution in [0.3, 0.4) is 0 Å². The molecule has 0 spiro atoms. The highest BCUT2D eigenvalue weighted by molar-refractivity contribution is 14.1. The average Bonchev–Trinajstić information content (AvgIpc) is 2.25. The predicted molar refractivity (Wildman–Crippen MR) is 84.7 cm³/mol. The highest BCUT2D eigenvalue weighted by Crippen LogP contribution is 2.28. The first kappa shape index (κ1) is 14.7. The Balaban J connectivity index is 3.00. The van der Waals surface area contributed by atoms with Gasteiger partial charge in [0, 0.05) is 11.3 Å². The minimum Gasteiger partial charge on any atom is -0.495 e. The molecule has 0 saturated heterocycles. The summed E-state index contributed by atoms with van der Waals surface area (Å²) in [5, 5.41) is 3.88. The molecule has 92 valence electrons. The zero-order valence-electron chi connectivity index (χ0n) is 9.67. The van der Waals surface area contributed by atoms with E-state index in [4.69, 9.17) is 4.74 Å². The number of halogens is 2. The van der Waals surface area contributed by atoms with Gasteiger partial charge in [0.25, 0.3) is 5.91 Å². The standard InChI is InChI=1S/C11H12I2N2O2/c1-6(2)14-15-11(16)7-4-8(12)10(17-3)9(13)5-7/h4-5H,1-3H3,(H,15,16). The van der Waals surface area contributed by atoms with Crippen LogP contribution in [0.15, 0.2) is 17.2 Å². The first-order chi connectivity index (χ1) is 7.95. The lowest BCUT2D eigenvalue weighted by Crippen LogP contribution is -2.19. The van der Waals surface area contributed by atoms with E-state index in [0.717, 1.165) is 18.6 Å². The van der Waals surface area contributed by atoms with Crippen LogP contribution in [0.2, 0.25) is 0 Å². The van der Waals surface area contributed by atoms with Crippen LogP contribution in [0, 0.1) is 7.14 Å². The summed E-state index contributed by atoms with van der Waals surface area (Å²) in [6.07, 6.45) is 0. The van der Waals surface area contributed by atoms with E-state index in [2.05, 4.69) is 55.7 Å². The summed E-state index contributed by atoms with van der Waals surface area (Å²) < 4.78 is 7.04. The molecule has 0 fully saturated rings. The summed E-state index contributed by atoms with van der Waals surface area (Å²) in [6, 6.07) is 3.55. The molecule has 1 amide bonds. The number of rotatable bonds is 3. The Hall–Kier alpha value is -0.380. The second-order valence-corrected chi connectivity index (χ2v) is 5.80. The molecule has 0 aliphatic carbocycles. The van der Waals surface area contributed by atoms with Gasteiger partial charge in [0.1, 0.15) is 5.75 Å². The summed E-state index contributed by atoms with van der Waals surface area (Å²) in [4.78, 5) is 11.8. The van der Waals surface area contributed by atoms with Crippen LogP contribution in [-0.4, -0.2) is 18.7 Å². The van der Waals surface area contributed by atoms with E-state index in [0.29, 0.717) is 5.56 Å². The largest absolute Gasteiger partial charge is 0.495 e. The highest BCUT2D eigenvalue weighted by Gasteiger charge is 2.12. The van der Waals surface area contributed by atoms with Crippen molar-refractivity contribution in [1.82, 2.24) is 5.43 Å². The van der Waals surface area contributed by atoms with Gasteiger partial charge in [0.05, 0.1) is 14.3 Å². The van der Waals surface area contributed by atoms with Gasteiger partial charge in [-0.1, -0.05) is 0 Å². The van der Waals surface area contributed by atoms with Crippen molar-refractivity contribution in [3.63, 3.8) is 0 Å². The SMILES string of the molecule is COc1c(I)cc(C(=O)NN=C(C)C)cc1I. The van der Waals surface area contributed by atoms with E-state index < -0.39 is 0 Å². The number of ether oxygens (including phenoxy) is 1. The number of amides is 1. The molecule has 0 heterocycles. The van der Waals surface area contributed by atoms with E-state index in [9.17, 15) is 4.79 Å². The molecule has 0 saturated carbocycles. The summed E-state index contributed by atoms with van der Waals surface area (Å²) in [6.45, 7) is 3.64. The quantitative estimate of drug-likeness (QED) is 0.431. The highest BCUT2D eigenvalue weighted by atomic mass is 127. The van der Waals surface area contributed by atoms with Crippen molar-refractivity contribution in [1.29, 1.82) is 0 Å². The van der Waals surface area contributed by atoms with E-state index in [1.165, 1.54) is 0 Å². The Morgan fingerprint density at radius 1 is 1.29 bits per heavy atom. The van der Waals surface area contributed by atoms with Crippen molar-refractivity contribution in [2.45, 2.75) is 13.8 Å². The zero-order chi connectivity index (χ0) is 13.0. The lowest BCUT2D eigenvalue weighted by Gasteiger charge is -2.08. The molecule has 4 nitrogen and oxygen atoms in total. The fourth-order valence-corrected chi connectivity index (χ4v) is 3.32. The molecule has 0 radical (unpaired) electrons. The molecule has 0 atom stereocenters. The third-order valence-corrected chi connectivity index (χ3v) is 3.45. The molecule has 0 bridgehead atoms. The molecule has 0 unspecified atom stereocenters. The second kappa shape index (κ2) is 6.53. The lowest BCUT2D eigenvalue weighted by atomic mass is 10.2. The van der Waals surface area contributed by atoms with Gasteiger partial charge in [0.15, 0.2) is 0 Å². The Labute approximate surface area is 127 Å². The number of methoxy groups -OCH3 is 1. The van der Waals surface area contributed by atoms with Crippen molar-refractivity contribution in [2.24, 2.45) is 5.10 Å².